The fourth-order valence-corrected chi connectivity index (χ4v) is 5.51. The summed E-state index contributed by atoms with van der Waals surface area (Å²) in [7, 11) is 0. The van der Waals surface area contributed by atoms with Crippen LogP contribution in [0.5, 0.6) is 0 Å². The Morgan fingerprint density at radius 1 is 1.36 bits per heavy atom. The summed E-state index contributed by atoms with van der Waals surface area (Å²) < 4.78 is 0. The smallest absolute Gasteiger partial charge is 0.223 e. The molecule has 2 aliphatic rings. The van der Waals surface area contributed by atoms with Gasteiger partial charge in [0.05, 0.1) is 17.7 Å². The number of rotatable bonds is 5. The van der Waals surface area contributed by atoms with Gasteiger partial charge in [0, 0.05) is 36.3 Å². The largest absolute Gasteiger partial charge is 0.388 e. The number of nitrogens with zero attached hydrogens (tertiary/aromatic N) is 2. The van der Waals surface area contributed by atoms with Crippen LogP contribution in [0.15, 0.2) is 42.0 Å². The van der Waals surface area contributed by atoms with Crippen molar-refractivity contribution in [2.75, 3.05) is 6.54 Å². The van der Waals surface area contributed by atoms with E-state index in [1.807, 2.05) is 25.3 Å². The van der Waals surface area contributed by atoms with Gasteiger partial charge in [0.15, 0.2) is 0 Å². The van der Waals surface area contributed by atoms with E-state index in [1.165, 1.54) is 4.88 Å². The van der Waals surface area contributed by atoms with E-state index in [2.05, 4.69) is 32.7 Å². The average Bonchev–Trinajstić information content (AvgIpc) is 3.39. The summed E-state index contributed by atoms with van der Waals surface area (Å²) in [6, 6.07) is 7.81. The average molecular weight is 400 g/mol. The van der Waals surface area contributed by atoms with E-state index in [-0.39, 0.29) is 23.9 Å². The lowest BCUT2D eigenvalue weighted by Crippen LogP contribution is -2.62. The van der Waals surface area contributed by atoms with Gasteiger partial charge in [-0.25, -0.2) is 0 Å². The first-order chi connectivity index (χ1) is 13.5. The first kappa shape index (κ1) is 19.6. The summed E-state index contributed by atoms with van der Waals surface area (Å²) in [4.78, 5) is 20.7. The van der Waals surface area contributed by atoms with E-state index >= 15 is 0 Å². The SMILES string of the molecule is CC1(O)CCN(Cc2cccnc2)C(c2cccs2)C1NC(=O)C1CCCC1. The van der Waals surface area contributed by atoms with Gasteiger partial charge in [-0.2, -0.15) is 0 Å². The van der Waals surface area contributed by atoms with Crippen LogP contribution >= 0.6 is 11.3 Å². The minimum absolute atomic E-state index is 0.0469. The maximum atomic E-state index is 12.9. The van der Waals surface area contributed by atoms with Gasteiger partial charge in [-0.1, -0.05) is 25.0 Å². The van der Waals surface area contributed by atoms with Crippen molar-refractivity contribution in [2.24, 2.45) is 5.92 Å². The molecule has 1 aliphatic heterocycles. The molecule has 4 rings (SSSR count). The van der Waals surface area contributed by atoms with E-state index in [1.54, 1.807) is 17.5 Å². The summed E-state index contributed by atoms with van der Waals surface area (Å²) in [6.07, 6.45) is 8.48. The monoisotopic (exact) mass is 399 g/mol. The van der Waals surface area contributed by atoms with Crippen LogP contribution in [0, 0.1) is 5.92 Å². The zero-order valence-corrected chi connectivity index (χ0v) is 17.2. The number of piperidine rings is 1. The molecule has 150 valence electrons. The minimum atomic E-state index is -0.936. The van der Waals surface area contributed by atoms with Crippen LogP contribution in [0.4, 0.5) is 0 Å². The molecule has 3 unspecified atom stereocenters. The number of likely N-dealkylation sites (tertiary alicyclic amines) is 1. The Bertz CT molecular complexity index is 772. The lowest BCUT2D eigenvalue weighted by atomic mass is 9.81. The van der Waals surface area contributed by atoms with E-state index in [0.717, 1.165) is 44.3 Å². The number of hydrogen-bond acceptors (Lipinski definition) is 5. The van der Waals surface area contributed by atoms with Crippen LogP contribution in [0.2, 0.25) is 0 Å². The molecular formula is C22H29N3O2S. The zero-order valence-electron chi connectivity index (χ0n) is 16.4. The predicted molar refractivity (Wildman–Crippen MR) is 111 cm³/mol. The molecule has 0 aromatic carbocycles. The topological polar surface area (TPSA) is 65.5 Å². The normalized spacial score (nSPS) is 29.1. The number of carbonyl (C=O) groups excluding carboxylic acids is 1. The first-order valence-corrected chi connectivity index (χ1v) is 11.1. The lowest BCUT2D eigenvalue weighted by molar-refractivity contribution is -0.132. The molecule has 2 fully saturated rings. The van der Waals surface area contributed by atoms with Gasteiger partial charge in [-0.3, -0.25) is 14.7 Å². The number of pyridine rings is 1. The van der Waals surface area contributed by atoms with Crippen LogP contribution in [-0.2, 0) is 11.3 Å². The van der Waals surface area contributed by atoms with Crippen LogP contribution in [0.25, 0.3) is 0 Å². The van der Waals surface area contributed by atoms with E-state index in [9.17, 15) is 9.90 Å². The fraction of sp³-hybridized carbons (Fsp3) is 0.545. The fourth-order valence-electron chi connectivity index (χ4n) is 4.62. The Morgan fingerprint density at radius 2 is 2.18 bits per heavy atom. The molecule has 6 heteroatoms. The van der Waals surface area contributed by atoms with Gasteiger partial charge in [0.25, 0.3) is 0 Å². The number of nitrogens with one attached hydrogen (secondary N) is 1. The Kier molecular flexibility index (Phi) is 5.80. The highest BCUT2D eigenvalue weighted by Gasteiger charge is 2.47. The third-order valence-corrected chi connectivity index (χ3v) is 7.19. The molecule has 28 heavy (non-hydrogen) atoms. The van der Waals surface area contributed by atoms with Gasteiger partial charge in [0.1, 0.15) is 0 Å². The number of aliphatic hydroxyl groups is 1. The Balaban J connectivity index is 1.62. The minimum Gasteiger partial charge on any atom is -0.388 e. The highest BCUT2D eigenvalue weighted by Crippen LogP contribution is 2.40. The van der Waals surface area contributed by atoms with Crippen molar-refractivity contribution < 1.29 is 9.90 Å². The van der Waals surface area contributed by atoms with Crippen molar-refractivity contribution in [2.45, 2.75) is 63.3 Å². The number of amides is 1. The van der Waals surface area contributed by atoms with Crippen LogP contribution in [-0.4, -0.2) is 39.1 Å². The quantitative estimate of drug-likeness (QED) is 0.807. The number of aromatic nitrogens is 1. The Hall–Kier alpha value is -1.76. The molecule has 3 heterocycles. The van der Waals surface area contributed by atoms with E-state index in [4.69, 9.17) is 0 Å². The third-order valence-electron chi connectivity index (χ3n) is 6.25. The standard InChI is InChI=1S/C22H29N3O2S/c1-22(27)10-12-25(15-16-6-4-11-23-14-16)19(18-9-5-13-28-18)20(22)24-21(26)17-7-2-3-8-17/h4-6,9,11,13-14,17,19-20,27H,2-3,7-8,10,12,15H2,1H3,(H,24,26). The molecule has 3 atom stereocenters. The molecule has 1 aliphatic carbocycles. The molecule has 0 radical (unpaired) electrons. The number of thiophene rings is 1. The molecule has 1 amide bonds. The molecule has 0 bridgehead atoms. The highest BCUT2D eigenvalue weighted by atomic mass is 32.1. The first-order valence-electron chi connectivity index (χ1n) is 10.2. The summed E-state index contributed by atoms with van der Waals surface area (Å²) >= 11 is 1.69. The molecule has 2 aromatic rings. The summed E-state index contributed by atoms with van der Waals surface area (Å²) in [6.45, 7) is 3.40. The maximum absolute atomic E-state index is 12.9. The predicted octanol–water partition coefficient (Wildman–Crippen LogP) is 3.52. The molecule has 0 spiro atoms. The number of carbonyl (C=O) groups is 1. The van der Waals surface area contributed by atoms with Crippen molar-refractivity contribution >= 4 is 17.2 Å². The molecule has 2 aromatic heterocycles. The van der Waals surface area contributed by atoms with Crippen molar-refractivity contribution in [1.29, 1.82) is 0 Å². The van der Waals surface area contributed by atoms with Crippen molar-refractivity contribution in [3.05, 3.63) is 52.5 Å². The van der Waals surface area contributed by atoms with Crippen LogP contribution in [0.3, 0.4) is 0 Å². The van der Waals surface area contributed by atoms with Crippen LogP contribution < -0.4 is 5.32 Å². The van der Waals surface area contributed by atoms with E-state index < -0.39 is 5.60 Å². The number of hydrogen-bond donors (Lipinski definition) is 2. The maximum Gasteiger partial charge on any atom is 0.223 e. The van der Waals surface area contributed by atoms with Crippen molar-refractivity contribution in [3.63, 3.8) is 0 Å². The van der Waals surface area contributed by atoms with Crippen molar-refractivity contribution in [3.8, 4) is 0 Å². The summed E-state index contributed by atoms with van der Waals surface area (Å²) in [5.41, 5.74) is 0.209. The molecule has 2 N–H and O–H groups in total. The molecule has 1 saturated heterocycles. The molecule has 5 nitrogen and oxygen atoms in total. The Labute approximate surface area is 170 Å². The second-order valence-corrected chi connectivity index (χ2v) is 9.35. The lowest BCUT2D eigenvalue weighted by Gasteiger charge is -2.49. The highest BCUT2D eigenvalue weighted by molar-refractivity contribution is 7.10. The van der Waals surface area contributed by atoms with Gasteiger partial charge < -0.3 is 10.4 Å². The van der Waals surface area contributed by atoms with E-state index in [0.29, 0.717) is 6.42 Å². The zero-order chi connectivity index (χ0) is 19.6. The van der Waals surface area contributed by atoms with Gasteiger partial charge >= 0.3 is 0 Å². The second kappa shape index (κ2) is 8.31. The Morgan fingerprint density at radius 3 is 2.86 bits per heavy atom. The van der Waals surface area contributed by atoms with Gasteiger partial charge in [-0.05, 0) is 49.3 Å². The molecular weight excluding hydrogens is 370 g/mol. The third kappa shape index (κ3) is 4.14. The van der Waals surface area contributed by atoms with Crippen LogP contribution in [0.1, 0.15) is 55.5 Å². The molecule has 1 saturated carbocycles. The summed E-state index contributed by atoms with van der Waals surface area (Å²) in [5, 5.41) is 16.6. The van der Waals surface area contributed by atoms with Gasteiger partial charge in [-0.15, -0.1) is 11.3 Å². The second-order valence-electron chi connectivity index (χ2n) is 8.37. The van der Waals surface area contributed by atoms with Crippen molar-refractivity contribution in [1.82, 2.24) is 15.2 Å². The summed E-state index contributed by atoms with van der Waals surface area (Å²) in [5.74, 6) is 0.195. The van der Waals surface area contributed by atoms with Gasteiger partial charge in [0.2, 0.25) is 5.91 Å².